The number of nitrogens with one attached hydrogen (secondary N) is 2. The number of nitrogens with zero attached hydrogens (tertiary/aromatic N) is 4. The van der Waals surface area contributed by atoms with Gasteiger partial charge in [0, 0.05) is 12.6 Å². The second-order valence-electron chi connectivity index (χ2n) is 8.04. The third kappa shape index (κ3) is 3.23. The first-order valence-corrected chi connectivity index (χ1v) is 10.2. The molecule has 2 aromatic heterocycles. The van der Waals surface area contributed by atoms with E-state index < -0.39 is 35.4 Å². The number of ether oxygens (including phenoxy) is 1. The Hall–Kier alpha value is -3.09. The zero-order valence-corrected chi connectivity index (χ0v) is 16.6. The lowest BCUT2D eigenvalue weighted by molar-refractivity contribution is -0.0312. The van der Waals surface area contributed by atoms with E-state index >= 15 is 0 Å². The van der Waals surface area contributed by atoms with Gasteiger partial charge in [0.1, 0.15) is 41.5 Å². The molecule has 1 aliphatic heterocycles. The number of rotatable bonds is 6. The summed E-state index contributed by atoms with van der Waals surface area (Å²) in [4.78, 5) is 36.1. The first-order valence-electron chi connectivity index (χ1n) is 10.2. The van der Waals surface area contributed by atoms with Crippen LogP contribution in [0.15, 0.2) is 22.2 Å². The van der Waals surface area contributed by atoms with Crippen molar-refractivity contribution in [2.24, 2.45) is 0 Å². The van der Waals surface area contributed by atoms with Gasteiger partial charge in [-0.15, -0.1) is 0 Å². The van der Waals surface area contributed by atoms with Crippen molar-refractivity contribution in [3.63, 3.8) is 0 Å². The van der Waals surface area contributed by atoms with Crippen LogP contribution in [0.5, 0.6) is 0 Å². The van der Waals surface area contributed by atoms with Crippen LogP contribution in [-0.2, 0) is 4.74 Å². The minimum Gasteiger partial charge on any atom is -0.387 e. The van der Waals surface area contributed by atoms with Crippen molar-refractivity contribution in [3.05, 3.63) is 33.1 Å². The van der Waals surface area contributed by atoms with Gasteiger partial charge in [0.05, 0.1) is 6.33 Å². The Bertz CT molecular complexity index is 1180. The van der Waals surface area contributed by atoms with E-state index in [0.717, 1.165) is 25.7 Å². The normalized spacial score (nSPS) is 26.8. The number of nitrogens with two attached hydrogens (primary N) is 1. The van der Waals surface area contributed by atoms with Gasteiger partial charge in [-0.05, 0) is 12.8 Å². The molecule has 2 fully saturated rings. The number of fused-ring (bicyclic) bond motifs is 1. The maximum atomic E-state index is 12.0. The molecule has 0 bridgehead atoms. The zero-order valence-electron chi connectivity index (χ0n) is 16.6. The molecular weight excluding hydrogens is 406 g/mol. The van der Waals surface area contributed by atoms with Crippen molar-refractivity contribution in [1.29, 1.82) is 0 Å². The van der Waals surface area contributed by atoms with Gasteiger partial charge >= 0.3 is 0 Å². The highest BCUT2D eigenvalue weighted by Crippen LogP contribution is 2.32. The number of imidazole rings is 1. The van der Waals surface area contributed by atoms with Crippen LogP contribution in [0.25, 0.3) is 11.2 Å². The molecule has 3 heterocycles. The minimum absolute atomic E-state index is 0.0304. The first-order chi connectivity index (χ1) is 15.0. The van der Waals surface area contributed by atoms with Gasteiger partial charge in [-0.2, -0.15) is 0 Å². The molecule has 1 saturated heterocycles. The van der Waals surface area contributed by atoms with Gasteiger partial charge in [-0.25, -0.2) is 15.0 Å². The van der Waals surface area contributed by atoms with E-state index in [9.17, 15) is 19.8 Å². The molecule has 12 nitrogen and oxygen atoms in total. The van der Waals surface area contributed by atoms with Crippen molar-refractivity contribution >= 4 is 28.4 Å². The maximum Gasteiger partial charge on any atom is 0.253 e. The quantitative estimate of drug-likeness (QED) is 0.306. The van der Waals surface area contributed by atoms with Crippen molar-refractivity contribution in [1.82, 2.24) is 19.5 Å². The molecule has 0 radical (unpaired) electrons. The Morgan fingerprint density at radius 3 is 2.61 bits per heavy atom. The fourth-order valence-corrected chi connectivity index (χ4v) is 4.36. The summed E-state index contributed by atoms with van der Waals surface area (Å²) >= 11 is 0. The number of anilines is 3. The van der Waals surface area contributed by atoms with E-state index in [2.05, 4.69) is 25.6 Å². The molecule has 1 aliphatic carbocycles. The van der Waals surface area contributed by atoms with Gasteiger partial charge in [0.25, 0.3) is 10.9 Å². The zero-order chi connectivity index (χ0) is 21.7. The number of aliphatic hydroxyl groups is 2. The summed E-state index contributed by atoms with van der Waals surface area (Å²) in [5.41, 5.74) is 5.86. The van der Waals surface area contributed by atoms with Crippen LogP contribution in [0.3, 0.4) is 0 Å². The Labute approximate surface area is 175 Å². The van der Waals surface area contributed by atoms with Crippen molar-refractivity contribution in [2.75, 3.05) is 22.9 Å². The van der Waals surface area contributed by atoms with Crippen LogP contribution in [0.2, 0.25) is 0 Å². The molecule has 4 atom stereocenters. The SMILES string of the molecule is Nc1ncnc2c1ncn2[C@@H]1O[C@H](CNc2c(NC3CCCC3)c(=O)c2=O)[C@@H](O)[C@H]1O. The third-order valence-corrected chi connectivity index (χ3v) is 6.09. The molecule has 5 rings (SSSR count). The summed E-state index contributed by atoms with van der Waals surface area (Å²) in [6.07, 6.45) is 2.52. The number of hydrogen-bond donors (Lipinski definition) is 5. The van der Waals surface area contributed by atoms with Crippen molar-refractivity contribution in [3.8, 4) is 0 Å². The lowest BCUT2D eigenvalue weighted by atomic mass is 10.1. The fourth-order valence-electron chi connectivity index (χ4n) is 4.36. The molecule has 3 aromatic rings. The molecule has 1 aromatic carbocycles. The molecule has 1 saturated carbocycles. The Morgan fingerprint density at radius 1 is 1.10 bits per heavy atom. The molecule has 0 amide bonds. The maximum absolute atomic E-state index is 12.0. The lowest BCUT2D eigenvalue weighted by Crippen LogP contribution is -2.42. The van der Waals surface area contributed by atoms with Gasteiger partial charge in [-0.3, -0.25) is 14.2 Å². The van der Waals surface area contributed by atoms with Gasteiger partial charge < -0.3 is 31.3 Å². The van der Waals surface area contributed by atoms with Gasteiger partial charge in [0.15, 0.2) is 17.7 Å². The molecule has 31 heavy (non-hydrogen) atoms. The molecule has 12 heteroatoms. The van der Waals surface area contributed by atoms with E-state index in [1.165, 1.54) is 17.2 Å². The van der Waals surface area contributed by atoms with Crippen LogP contribution in [0, 0.1) is 0 Å². The summed E-state index contributed by atoms with van der Waals surface area (Å²) in [6, 6.07) is 0.187. The average Bonchev–Trinajstić information content (AvgIpc) is 3.49. The van der Waals surface area contributed by atoms with Crippen LogP contribution < -0.4 is 27.2 Å². The Morgan fingerprint density at radius 2 is 1.84 bits per heavy atom. The predicted octanol–water partition coefficient (Wildman–Crippen LogP) is -0.910. The topological polar surface area (TPSA) is 178 Å². The molecule has 0 spiro atoms. The van der Waals surface area contributed by atoms with E-state index in [-0.39, 0.29) is 29.8 Å². The molecule has 6 N–H and O–H groups in total. The summed E-state index contributed by atoms with van der Waals surface area (Å²) in [5.74, 6) is 0.192. The van der Waals surface area contributed by atoms with Gasteiger partial charge in [-0.1, -0.05) is 12.8 Å². The minimum atomic E-state index is -1.26. The van der Waals surface area contributed by atoms with Crippen molar-refractivity contribution < 1.29 is 14.9 Å². The number of aliphatic hydroxyl groups excluding tert-OH is 2. The van der Waals surface area contributed by atoms with E-state index in [1.54, 1.807) is 0 Å². The molecule has 0 unspecified atom stereocenters. The smallest absolute Gasteiger partial charge is 0.253 e. The van der Waals surface area contributed by atoms with Crippen LogP contribution in [0.4, 0.5) is 17.2 Å². The first kappa shape index (κ1) is 19.8. The fraction of sp³-hybridized carbons (Fsp3) is 0.526. The van der Waals surface area contributed by atoms with E-state index in [4.69, 9.17) is 10.5 Å². The number of hydrogen-bond acceptors (Lipinski definition) is 11. The van der Waals surface area contributed by atoms with Crippen LogP contribution in [0.1, 0.15) is 31.9 Å². The second kappa shape index (κ2) is 7.55. The molecular formula is C19H23N7O5. The highest BCUT2D eigenvalue weighted by atomic mass is 16.6. The summed E-state index contributed by atoms with van der Waals surface area (Å²) < 4.78 is 7.33. The van der Waals surface area contributed by atoms with Crippen LogP contribution in [-0.4, -0.2) is 60.6 Å². The Kier molecular flexibility index (Phi) is 4.84. The highest BCUT2D eigenvalue weighted by Gasteiger charge is 2.44. The largest absolute Gasteiger partial charge is 0.387 e. The van der Waals surface area contributed by atoms with Gasteiger partial charge in [0.2, 0.25) is 0 Å². The number of aromatic nitrogens is 4. The highest BCUT2D eigenvalue weighted by molar-refractivity contribution is 5.81. The van der Waals surface area contributed by atoms with Crippen LogP contribution >= 0.6 is 0 Å². The predicted molar refractivity (Wildman–Crippen MR) is 111 cm³/mol. The summed E-state index contributed by atoms with van der Waals surface area (Å²) in [7, 11) is 0. The third-order valence-electron chi connectivity index (χ3n) is 6.09. The monoisotopic (exact) mass is 429 g/mol. The summed E-state index contributed by atoms with van der Waals surface area (Å²) in [6.45, 7) is 0.0304. The number of nitrogen functional groups attached to an aromatic ring is 1. The average molecular weight is 429 g/mol. The van der Waals surface area contributed by atoms with E-state index in [0.29, 0.717) is 11.2 Å². The lowest BCUT2D eigenvalue weighted by Gasteiger charge is -2.21. The second-order valence-corrected chi connectivity index (χ2v) is 8.04. The molecule has 2 aliphatic rings. The Balaban J connectivity index is 1.30. The standard InChI is InChI=1S/C19H23N7O5/c20-17-12-18(23-6-22-17)26(7-24-12)19-16(30)13(27)9(31-19)5-21-10-11(15(29)14(10)28)25-8-3-1-2-4-8/h6-9,13,16,19,21,25,27,30H,1-5H2,(H2,20,22,23)/t9-,13-,16-,19-/m1/s1. The molecule has 164 valence electrons. The summed E-state index contributed by atoms with van der Waals surface area (Å²) in [5, 5.41) is 27.1. The van der Waals surface area contributed by atoms with Crippen molar-refractivity contribution in [2.45, 2.75) is 56.3 Å². The van der Waals surface area contributed by atoms with E-state index in [1.807, 2.05) is 0 Å².